The third-order valence-corrected chi connectivity index (χ3v) is 1.96. The summed E-state index contributed by atoms with van der Waals surface area (Å²) >= 11 is 0. The molecule has 0 saturated carbocycles. The number of fused-ring (bicyclic) bond motifs is 1. The Labute approximate surface area is 70.7 Å². The SMILES string of the molecule is C[n+]1cccc2cc([O-])ccc21. The van der Waals surface area contributed by atoms with Gasteiger partial charge in [0, 0.05) is 17.5 Å². The average Bonchev–Trinajstić information content (AvgIpc) is 2.04. The molecular weight excluding hydrogens is 150 g/mol. The molecule has 0 saturated heterocycles. The van der Waals surface area contributed by atoms with Crippen molar-refractivity contribution in [3.05, 3.63) is 36.5 Å². The van der Waals surface area contributed by atoms with Gasteiger partial charge in [-0.3, -0.25) is 0 Å². The number of rotatable bonds is 0. The zero-order valence-corrected chi connectivity index (χ0v) is 6.82. The van der Waals surface area contributed by atoms with E-state index in [1.165, 1.54) is 0 Å². The molecule has 1 aromatic carbocycles. The first kappa shape index (κ1) is 7.10. The first-order valence-electron chi connectivity index (χ1n) is 3.83. The zero-order chi connectivity index (χ0) is 8.55. The fourth-order valence-corrected chi connectivity index (χ4v) is 1.34. The smallest absolute Gasteiger partial charge is 0.212 e. The van der Waals surface area contributed by atoms with Crippen molar-refractivity contribution in [3.63, 3.8) is 0 Å². The lowest BCUT2D eigenvalue weighted by Crippen LogP contribution is -2.27. The number of nitrogens with zero attached hydrogens (tertiary/aromatic N) is 1. The summed E-state index contributed by atoms with van der Waals surface area (Å²) in [4.78, 5) is 0. The van der Waals surface area contributed by atoms with Crippen LogP contribution >= 0.6 is 0 Å². The normalized spacial score (nSPS) is 10.4. The van der Waals surface area contributed by atoms with Crippen molar-refractivity contribution in [3.8, 4) is 5.75 Å². The van der Waals surface area contributed by atoms with Crippen molar-refractivity contribution in [2.75, 3.05) is 0 Å². The molecule has 0 atom stereocenters. The predicted octanol–water partition coefficient (Wildman–Crippen LogP) is 0.738. The molecule has 0 bridgehead atoms. The Morgan fingerprint density at radius 3 is 2.92 bits per heavy atom. The van der Waals surface area contributed by atoms with Crippen LogP contribution in [0.15, 0.2) is 36.5 Å². The van der Waals surface area contributed by atoms with E-state index in [1.54, 1.807) is 12.1 Å². The number of aryl methyl sites for hydroxylation is 1. The van der Waals surface area contributed by atoms with Crippen LogP contribution in [0, 0.1) is 0 Å². The molecule has 0 aliphatic heterocycles. The fourth-order valence-electron chi connectivity index (χ4n) is 1.34. The highest BCUT2D eigenvalue weighted by atomic mass is 16.3. The van der Waals surface area contributed by atoms with Gasteiger partial charge in [-0.1, -0.05) is 12.1 Å². The van der Waals surface area contributed by atoms with Crippen LogP contribution in [0.25, 0.3) is 10.9 Å². The molecule has 0 radical (unpaired) electrons. The van der Waals surface area contributed by atoms with Crippen LogP contribution in [0.4, 0.5) is 0 Å². The fraction of sp³-hybridized carbons (Fsp3) is 0.100. The Bertz CT molecular complexity index is 423. The van der Waals surface area contributed by atoms with E-state index < -0.39 is 0 Å². The monoisotopic (exact) mass is 159 g/mol. The molecule has 0 aliphatic rings. The van der Waals surface area contributed by atoms with E-state index in [1.807, 2.05) is 36.0 Å². The molecule has 2 nitrogen and oxygen atoms in total. The molecule has 0 amide bonds. The van der Waals surface area contributed by atoms with Crippen molar-refractivity contribution >= 4 is 10.9 Å². The van der Waals surface area contributed by atoms with Crippen LogP contribution in [0.1, 0.15) is 0 Å². The summed E-state index contributed by atoms with van der Waals surface area (Å²) in [6.45, 7) is 0. The summed E-state index contributed by atoms with van der Waals surface area (Å²) in [5, 5.41) is 12.0. The molecule has 2 heteroatoms. The highest BCUT2D eigenvalue weighted by Gasteiger charge is 2.00. The van der Waals surface area contributed by atoms with Gasteiger partial charge in [0.2, 0.25) is 5.52 Å². The van der Waals surface area contributed by atoms with Crippen LogP contribution in [-0.4, -0.2) is 0 Å². The van der Waals surface area contributed by atoms with E-state index in [4.69, 9.17) is 0 Å². The van der Waals surface area contributed by atoms with Crippen molar-refractivity contribution in [1.29, 1.82) is 0 Å². The van der Waals surface area contributed by atoms with Crippen LogP contribution in [0.5, 0.6) is 5.75 Å². The molecule has 60 valence electrons. The lowest BCUT2D eigenvalue weighted by atomic mass is 10.2. The van der Waals surface area contributed by atoms with Crippen molar-refractivity contribution in [2.45, 2.75) is 0 Å². The molecule has 2 rings (SSSR count). The quantitative estimate of drug-likeness (QED) is 0.521. The summed E-state index contributed by atoms with van der Waals surface area (Å²) in [5.41, 5.74) is 1.08. The largest absolute Gasteiger partial charge is 0.872 e. The van der Waals surface area contributed by atoms with Crippen LogP contribution in [0.2, 0.25) is 0 Å². The van der Waals surface area contributed by atoms with Gasteiger partial charge in [0.05, 0.1) is 0 Å². The lowest BCUT2D eigenvalue weighted by Gasteiger charge is -2.03. The van der Waals surface area contributed by atoms with Crippen LogP contribution < -0.4 is 9.67 Å². The second kappa shape index (κ2) is 2.48. The van der Waals surface area contributed by atoms with Gasteiger partial charge in [-0.2, -0.15) is 0 Å². The third-order valence-electron chi connectivity index (χ3n) is 1.96. The highest BCUT2D eigenvalue weighted by Crippen LogP contribution is 2.13. The maximum absolute atomic E-state index is 11.0. The Kier molecular flexibility index (Phi) is 1.47. The van der Waals surface area contributed by atoms with Crippen molar-refractivity contribution in [2.24, 2.45) is 7.05 Å². The standard InChI is InChI=1S/C10H9NO/c1-11-6-2-3-8-7-9(12)4-5-10(8)11/h2-7H,1H3. The number of pyridine rings is 1. The molecule has 1 heterocycles. The van der Waals surface area contributed by atoms with E-state index in [9.17, 15) is 5.11 Å². The second-order valence-electron chi connectivity index (χ2n) is 2.84. The summed E-state index contributed by atoms with van der Waals surface area (Å²) in [6, 6.07) is 8.95. The molecule has 2 aromatic rings. The topological polar surface area (TPSA) is 26.9 Å². The van der Waals surface area contributed by atoms with E-state index >= 15 is 0 Å². The summed E-state index contributed by atoms with van der Waals surface area (Å²) in [5.74, 6) is 0.0636. The summed E-state index contributed by atoms with van der Waals surface area (Å²) in [7, 11) is 1.97. The Hall–Kier alpha value is -1.57. The molecule has 0 aliphatic carbocycles. The Balaban J connectivity index is 2.86. The molecule has 0 spiro atoms. The number of benzene rings is 1. The van der Waals surface area contributed by atoms with E-state index in [0.29, 0.717) is 0 Å². The highest BCUT2D eigenvalue weighted by molar-refractivity contribution is 5.76. The van der Waals surface area contributed by atoms with Crippen LogP contribution in [0.3, 0.4) is 0 Å². The Morgan fingerprint density at radius 2 is 2.08 bits per heavy atom. The van der Waals surface area contributed by atoms with Gasteiger partial charge < -0.3 is 5.11 Å². The van der Waals surface area contributed by atoms with Gasteiger partial charge in [-0.25, -0.2) is 4.57 Å². The molecule has 12 heavy (non-hydrogen) atoms. The maximum atomic E-state index is 11.0. The van der Waals surface area contributed by atoms with E-state index in [0.717, 1.165) is 10.9 Å². The second-order valence-corrected chi connectivity index (χ2v) is 2.84. The van der Waals surface area contributed by atoms with Gasteiger partial charge >= 0.3 is 0 Å². The minimum Gasteiger partial charge on any atom is -0.872 e. The van der Waals surface area contributed by atoms with Gasteiger partial charge in [0.1, 0.15) is 7.05 Å². The van der Waals surface area contributed by atoms with E-state index in [2.05, 4.69) is 0 Å². The maximum Gasteiger partial charge on any atom is 0.212 e. The van der Waals surface area contributed by atoms with Gasteiger partial charge in [-0.15, -0.1) is 5.75 Å². The number of hydrogen-bond acceptors (Lipinski definition) is 1. The van der Waals surface area contributed by atoms with Gasteiger partial charge in [0.25, 0.3) is 0 Å². The number of hydrogen-bond donors (Lipinski definition) is 0. The first-order chi connectivity index (χ1) is 5.77. The van der Waals surface area contributed by atoms with Gasteiger partial charge in [0.15, 0.2) is 6.20 Å². The minimum atomic E-state index is 0.0636. The third kappa shape index (κ3) is 1.01. The van der Waals surface area contributed by atoms with Gasteiger partial charge in [-0.05, 0) is 6.07 Å². The minimum absolute atomic E-state index is 0.0636. The number of aromatic nitrogens is 1. The zero-order valence-electron chi connectivity index (χ0n) is 6.82. The molecule has 1 aromatic heterocycles. The van der Waals surface area contributed by atoms with Crippen molar-refractivity contribution < 1.29 is 9.67 Å². The predicted molar refractivity (Wildman–Crippen MR) is 44.6 cm³/mol. The molecule has 0 fully saturated rings. The first-order valence-corrected chi connectivity index (χ1v) is 3.83. The van der Waals surface area contributed by atoms with Crippen molar-refractivity contribution in [1.82, 2.24) is 0 Å². The Morgan fingerprint density at radius 1 is 1.25 bits per heavy atom. The average molecular weight is 159 g/mol. The summed E-state index contributed by atoms with van der Waals surface area (Å²) < 4.78 is 1.99. The lowest BCUT2D eigenvalue weighted by molar-refractivity contribution is -0.644. The molecular formula is C10H9NO. The molecule has 0 unspecified atom stereocenters. The van der Waals surface area contributed by atoms with E-state index in [-0.39, 0.29) is 5.75 Å². The van der Waals surface area contributed by atoms with Crippen LogP contribution in [-0.2, 0) is 7.05 Å². The summed E-state index contributed by atoms with van der Waals surface area (Å²) in [6.07, 6.45) is 1.97. The molecule has 0 N–H and O–H groups in total.